The maximum absolute atomic E-state index is 12.4. The first-order valence-corrected chi connectivity index (χ1v) is 10.7. The van der Waals surface area contributed by atoms with Gasteiger partial charge in [-0.15, -0.1) is 11.8 Å². The maximum Gasteiger partial charge on any atom is 0.321 e. The molecule has 1 aromatic carbocycles. The molecule has 3 rings (SSSR count). The van der Waals surface area contributed by atoms with Crippen molar-refractivity contribution in [2.45, 2.75) is 37.6 Å². The van der Waals surface area contributed by atoms with Crippen molar-refractivity contribution in [1.82, 2.24) is 9.88 Å². The summed E-state index contributed by atoms with van der Waals surface area (Å²) in [6, 6.07) is 10.6. The quantitative estimate of drug-likeness (QED) is 0.706. The van der Waals surface area contributed by atoms with Gasteiger partial charge in [0.1, 0.15) is 0 Å². The number of aromatic nitrogens is 1. The summed E-state index contributed by atoms with van der Waals surface area (Å²) in [6.07, 6.45) is 6.15. The third-order valence-electron chi connectivity index (χ3n) is 4.58. The standard InChI is InChI=1S/C21H26N4O2S/c1-2-28-19-15-16(11-12-22-19)20(26)23-17-7-9-18(10-8-17)24-21(27)25-13-5-3-4-6-14-25/h7-12,15H,2-6,13-14H2,1H3,(H,23,26)(H,24,27). The highest BCUT2D eigenvalue weighted by atomic mass is 32.2. The number of thioether (sulfide) groups is 1. The van der Waals surface area contributed by atoms with Crippen molar-refractivity contribution in [3.8, 4) is 0 Å². The molecule has 0 unspecified atom stereocenters. The lowest BCUT2D eigenvalue weighted by atomic mass is 10.2. The molecule has 0 radical (unpaired) electrons. The van der Waals surface area contributed by atoms with E-state index in [-0.39, 0.29) is 11.9 Å². The maximum atomic E-state index is 12.4. The molecule has 0 atom stereocenters. The predicted octanol–water partition coefficient (Wildman–Crippen LogP) is 4.85. The van der Waals surface area contributed by atoms with Crippen molar-refractivity contribution < 1.29 is 9.59 Å². The van der Waals surface area contributed by atoms with Gasteiger partial charge in [-0.05, 0) is 55.0 Å². The van der Waals surface area contributed by atoms with Crippen LogP contribution in [0.2, 0.25) is 0 Å². The van der Waals surface area contributed by atoms with Crippen LogP contribution in [-0.2, 0) is 0 Å². The summed E-state index contributed by atoms with van der Waals surface area (Å²) < 4.78 is 0. The third-order valence-corrected chi connectivity index (χ3v) is 5.38. The van der Waals surface area contributed by atoms with Gasteiger partial charge in [0.2, 0.25) is 0 Å². The van der Waals surface area contributed by atoms with Crippen LogP contribution in [0, 0.1) is 0 Å². The monoisotopic (exact) mass is 398 g/mol. The molecule has 1 aliphatic rings. The van der Waals surface area contributed by atoms with Crippen LogP contribution >= 0.6 is 11.8 Å². The lowest BCUT2D eigenvalue weighted by Crippen LogP contribution is -2.35. The van der Waals surface area contributed by atoms with Crippen LogP contribution in [0.25, 0.3) is 0 Å². The minimum atomic E-state index is -0.179. The Morgan fingerprint density at radius 2 is 1.64 bits per heavy atom. The van der Waals surface area contributed by atoms with Gasteiger partial charge >= 0.3 is 6.03 Å². The number of anilines is 2. The van der Waals surface area contributed by atoms with Gasteiger partial charge in [0, 0.05) is 36.2 Å². The lowest BCUT2D eigenvalue weighted by Gasteiger charge is -2.20. The van der Waals surface area contributed by atoms with Gasteiger partial charge in [-0.2, -0.15) is 0 Å². The molecule has 0 bridgehead atoms. The van der Waals surface area contributed by atoms with E-state index in [0.29, 0.717) is 11.3 Å². The normalized spacial score (nSPS) is 14.2. The number of carbonyl (C=O) groups excluding carboxylic acids is 2. The minimum absolute atomic E-state index is 0.0589. The number of nitrogens with zero attached hydrogens (tertiary/aromatic N) is 2. The van der Waals surface area contributed by atoms with E-state index in [1.807, 2.05) is 11.8 Å². The van der Waals surface area contributed by atoms with E-state index >= 15 is 0 Å². The molecule has 1 fully saturated rings. The van der Waals surface area contributed by atoms with Gasteiger partial charge in [0.15, 0.2) is 0 Å². The zero-order valence-corrected chi connectivity index (χ0v) is 16.9. The van der Waals surface area contributed by atoms with E-state index < -0.39 is 0 Å². The number of hydrogen-bond acceptors (Lipinski definition) is 4. The lowest BCUT2D eigenvalue weighted by molar-refractivity contribution is 0.102. The van der Waals surface area contributed by atoms with E-state index in [2.05, 4.69) is 15.6 Å². The van der Waals surface area contributed by atoms with E-state index in [9.17, 15) is 9.59 Å². The minimum Gasteiger partial charge on any atom is -0.325 e. The molecule has 1 saturated heterocycles. The summed E-state index contributed by atoms with van der Waals surface area (Å²) in [7, 11) is 0. The second-order valence-corrected chi connectivity index (χ2v) is 7.96. The second kappa shape index (κ2) is 10.1. The fraction of sp³-hybridized carbons (Fsp3) is 0.381. The molecule has 2 aromatic rings. The van der Waals surface area contributed by atoms with Crippen LogP contribution in [-0.4, -0.2) is 40.7 Å². The van der Waals surface area contributed by atoms with Crippen molar-refractivity contribution in [3.63, 3.8) is 0 Å². The summed E-state index contributed by atoms with van der Waals surface area (Å²) in [5.41, 5.74) is 1.97. The van der Waals surface area contributed by atoms with E-state index in [1.165, 1.54) is 12.8 Å². The molecular formula is C21H26N4O2S. The fourth-order valence-corrected chi connectivity index (χ4v) is 3.74. The van der Waals surface area contributed by atoms with E-state index in [4.69, 9.17) is 0 Å². The highest BCUT2D eigenvalue weighted by Gasteiger charge is 2.15. The molecule has 0 saturated carbocycles. The molecular weight excluding hydrogens is 372 g/mol. The molecule has 148 valence electrons. The Hall–Kier alpha value is -2.54. The summed E-state index contributed by atoms with van der Waals surface area (Å²) in [4.78, 5) is 31.0. The van der Waals surface area contributed by atoms with Crippen molar-refractivity contribution in [2.24, 2.45) is 0 Å². The number of likely N-dealkylation sites (tertiary alicyclic amines) is 1. The van der Waals surface area contributed by atoms with Gasteiger partial charge < -0.3 is 15.5 Å². The van der Waals surface area contributed by atoms with Crippen LogP contribution < -0.4 is 10.6 Å². The molecule has 7 heteroatoms. The number of urea groups is 1. The Morgan fingerprint density at radius 1 is 1.00 bits per heavy atom. The number of nitrogens with one attached hydrogen (secondary N) is 2. The first kappa shape index (κ1) is 20.2. The van der Waals surface area contributed by atoms with Crippen LogP contribution in [0.15, 0.2) is 47.6 Å². The number of benzene rings is 1. The molecule has 6 nitrogen and oxygen atoms in total. The molecule has 2 heterocycles. The third kappa shape index (κ3) is 5.73. The largest absolute Gasteiger partial charge is 0.325 e. The zero-order chi connectivity index (χ0) is 19.8. The molecule has 2 N–H and O–H groups in total. The highest BCUT2D eigenvalue weighted by molar-refractivity contribution is 7.99. The number of hydrogen-bond donors (Lipinski definition) is 2. The van der Waals surface area contributed by atoms with Crippen molar-refractivity contribution in [1.29, 1.82) is 0 Å². The molecule has 28 heavy (non-hydrogen) atoms. The number of pyridine rings is 1. The average molecular weight is 399 g/mol. The van der Waals surface area contributed by atoms with E-state index in [0.717, 1.165) is 42.4 Å². The topological polar surface area (TPSA) is 74.3 Å². The summed E-state index contributed by atoms with van der Waals surface area (Å²) in [6.45, 7) is 3.67. The SMILES string of the molecule is CCSc1cc(C(=O)Nc2ccc(NC(=O)N3CCCCCC3)cc2)ccn1. The Bertz CT molecular complexity index is 802. The van der Waals surface area contributed by atoms with Crippen LogP contribution in [0.4, 0.5) is 16.2 Å². The van der Waals surface area contributed by atoms with Crippen molar-refractivity contribution in [2.75, 3.05) is 29.5 Å². The Labute approximate surface area is 170 Å². The van der Waals surface area contributed by atoms with Gasteiger partial charge in [-0.1, -0.05) is 19.8 Å². The fourth-order valence-electron chi connectivity index (χ4n) is 3.09. The second-order valence-electron chi connectivity index (χ2n) is 6.68. The summed E-state index contributed by atoms with van der Waals surface area (Å²) >= 11 is 1.60. The molecule has 0 spiro atoms. The van der Waals surface area contributed by atoms with Gasteiger partial charge in [-0.25, -0.2) is 9.78 Å². The highest BCUT2D eigenvalue weighted by Crippen LogP contribution is 2.19. The predicted molar refractivity (Wildman–Crippen MR) is 114 cm³/mol. The summed E-state index contributed by atoms with van der Waals surface area (Å²) in [5, 5.41) is 6.65. The van der Waals surface area contributed by atoms with Gasteiger partial charge in [0.25, 0.3) is 5.91 Å². The Morgan fingerprint density at radius 3 is 2.29 bits per heavy atom. The first-order chi connectivity index (χ1) is 13.7. The molecule has 3 amide bonds. The molecule has 1 aromatic heterocycles. The Kier molecular flexibility index (Phi) is 7.31. The van der Waals surface area contributed by atoms with Crippen LogP contribution in [0.3, 0.4) is 0 Å². The average Bonchev–Trinajstić information content (AvgIpc) is 2.99. The zero-order valence-electron chi connectivity index (χ0n) is 16.1. The number of rotatable bonds is 5. The van der Waals surface area contributed by atoms with Crippen molar-refractivity contribution in [3.05, 3.63) is 48.2 Å². The Balaban J connectivity index is 1.57. The van der Waals surface area contributed by atoms with Gasteiger partial charge in [0.05, 0.1) is 5.03 Å². The van der Waals surface area contributed by atoms with Crippen molar-refractivity contribution >= 4 is 35.1 Å². The van der Waals surface area contributed by atoms with Gasteiger partial charge in [-0.3, -0.25) is 4.79 Å². The smallest absolute Gasteiger partial charge is 0.321 e. The molecule has 1 aliphatic heterocycles. The summed E-state index contributed by atoms with van der Waals surface area (Å²) in [5.74, 6) is 0.726. The van der Waals surface area contributed by atoms with E-state index in [1.54, 1.807) is 54.4 Å². The molecule has 0 aliphatic carbocycles. The number of amides is 3. The van der Waals surface area contributed by atoms with Crippen LogP contribution in [0.5, 0.6) is 0 Å². The first-order valence-electron chi connectivity index (χ1n) is 9.72. The number of carbonyl (C=O) groups is 2. The van der Waals surface area contributed by atoms with Crippen LogP contribution in [0.1, 0.15) is 43.0 Å².